The van der Waals surface area contributed by atoms with E-state index in [4.69, 9.17) is 5.14 Å². The zero-order valence-electron chi connectivity index (χ0n) is 11.0. The Morgan fingerprint density at radius 2 is 2.00 bits per heavy atom. The number of aromatic nitrogens is 1. The molecule has 0 fully saturated rings. The highest BCUT2D eigenvalue weighted by Gasteiger charge is 2.17. The molecule has 1 heterocycles. The van der Waals surface area contributed by atoms with Gasteiger partial charge in [-0.1, -0.05) is 0 Å². The van der Waals surface area contributed by atoms with Gasteiger partial charge in [-0.05, 0) is 37.3 Å². The van der Waals surface area contributed by atoms with Gasteiger partial charge in [0.2, 0.25) is 10.0 Å². The Kier molecular flexibility index (Phi) is 4.01. The number of benzene rings is 1. The smallest absolute Gasteiger partial charge is 0.255 e. The number of hydrogen-bond donors (Lipinski definition) is 2. The second-order valence-electron chi connectivity index (χ2n) is 4.33. The summed E-state index contributed by atoms with van der Waals surface area (Å²) in [5.41, 5.74) is 0.678. The molecule has 1 aromatic heterocycles. The molecule has 110 valence electrons. The first-order valence-electron chi connectivity index (χ1n) is 5.84. The Morgan fingerprint density at radius 1 is 1.29 bits per heavy atom. The van der Waals surface area contributed by atoms with Crippen LogP contribution >= 0.6 is 0 Å². The first-order chi connectivity index (χ1) is 9.77. The Hall–Kier alpha value is -2.32. The largest absolute Gasteiger partial charge is 0.321 e. The minimum absolute atomic E-state index is 0.211. The minimum atomic E-state index is -4.08. The molecule has 21 heavy (non-hydrogen) atoms. The monoisotopic (exact) mass is 309 g/mol. The van der Waals surface area contributed by atoms with E-state index in [1.165, 1.54) is 18.3 Å². The maximum Gasteiger partial charge on any atom is 0.255 e. The molecule has 0 aliphatic heterocycles. The molecule has 0 spiro atoms. The normalized spacial score (nSPS) is 11.2. The van der Waals surface area contributed by atoms with Gasteiger partial charge in [0, 0.05) is 17.5 Å². The lowest BCUT2D eigenvalue weighted by atomic mass is 10.2. The van der Waals surface area contributed by atoms with E-state index in [9.17, 15) is 17.6 Å². The van der Waals surface area contributed by atoms with Crippen molar-refractivity contribution in [2.75, 3.05) is 5.32 Å². The third-order valence-electron chi connectivity index (χ3n) is 2.66. The van der Waals surface area contributed by atoms with Crippen LogP contribution in [0.2, 0.25) is 0 Å². The van der Waals surface area contributed by atoms with Crippen molar-refractivity contribution < 1.29 is 17.6 Å². The van der Waals surface area contributed by atoms with E-state index in [2.05, 4.69) is 10.3 Å². The summed E-state index contributed by atoms with van der Waals surface area (Å²) in [6.45, 7) is 1.70. The number of anilines is 1. The molecule has 0 saturated heterocycles. The summed E-state index contributed by atoms with van der Waals surface area (Å²) in [6, 6.07) is 5.82. The Bertz CT molecular complexity index is 806. The molecule has 0 aliphatic rings. The molecule has 2 aromatic rings. The predicted molar refractivity (Wildman–Crippen MR) is 74.7 cm³/mol. The summed E-state index contributed by atoms with van der Waals surface area (Å²) in [5, 5.41) is 7.37. The fourth-order valence-corrected chi connectivity index (χ4v) is 2.40. The molecule has 6 nitrogen and oxygen atoms in total. The third kappa shape index (κ3) is 3.61. The van der Waals surface area contributed by atoms with Crippen molar-refractivity contribution >= 4 is 21.6 Å². The molecule has 8 heteroatoms. The highest BCUT2D eigenvalue weighted by molar-refractivity contribution is 7.89. The molecule has 2 rings (SSSR count). The predicted octanol–water partition coefficient (Wildman–Crippen LogP) is 1.43. The van der Waals surface area contributed by atoms with E-state index in [0.29, 0.717) is 5.69 Å². The number of hydrogen-bond acceptors (Lipinski definition) is 4. The van der Waals surface area contributed by atoms with Crippen LogP contribution in [0.15, 0.2) is 41.4 Å². The molecule has 0 atom stereocenters. The molecular weight excluding hydrogens is 297 g/mol. The van der Waals surface area contributed by atoms with Crippen molar-refractivity contribution in [3.8, 4) is 0 Å². The number of halogens is 1. The Morgan fingerprint density at radius 3 is 2.62 bits per heavy atom. The number of amides is 1. The molecule has 0 bridgehead atoms. The maximum absolute atomic E-state index is 13.3. The van der Waals surface area contributed by atoms with Crippen LogP contribution in [0.3, 0.4) is 0 Å². The van der Waals surface area contributed by atoms with Crippen LogP contribution in [0.5, 0.6) is 0 Å². The second kappa shape index (κ2) is 5.58. The number of aryl methyl sites for hydroxylation is 1. The first-order valence-corrected chi connectivity index (χ1v) is 7.38. The van der Waals surface area contributed by atoms with Gasteiger partial charge in [-0.2, -0.15) is 0 Å². The summed E-state index contributed by atoms with van der Waals surface area (Å²) in [7, 11) is -4.08. The van der Waals surface area contributed by atoms with Gasteiger partial charge in [0.1, 0.15) is 10.7 Å². The number of sulfonamides is 1. The maximum atomic E-state index is 13.3. The van der Waals surface area contributed by atoms with Gasteiger partial charge in [-0.3, -0.25) is 9.78 Å². The summed E-state index contributed by atoms with van der Waals surface area (Å²) in [4.78, 5) is 15.6. The lowest BCUT2D eigenvalue weighted by molar-refractivity contribution is 0.102. The zero-order chi connectivity index (χ0) is 15.6. The van der Waals surface area contributed by atoms with E-state index in [-0.39, 0.29) is 16.1 Å². The molecule has 1 amide bonds. The van der Waals surface area contributed by atoms with Crippen LogP contribution < -0.4 is 10.5 Å². The van der Waals surface area contributed by atoms with Crippen LogP contribution in [-0.4, -0.2) is 19.3 Å². The molecule has 0 radical (unpaired) electrons. The summed E-state index contributed by atoms with van der Waals surface area (Å²) in [6.07, 6.45) is 1.44. The Labute approximate surface area is 120 Å². The van der Waals surface area contributed by atoms with E-state index in [1.807, 2.05) is 0 Å². The fourth-order valence-electron chi connectivity index (χ4n) is 1.73. The summed E-state index contributed by atoms with van der Waals surface area (Å²) >= 11 is 0. The lowest BCUT2D eigenvalue weighted by Crippen LogP contribution is -2.18. The van der Waals surface area contributed by atoms with Crippen LogP contribution in [0, 0.1) is 12.7 Å². The van der Waals surface area contributed by atoms with Gasteiger partial charge < -0.3 is 5.32 Å². The van der Waals surface area contributed by atoms with Crippen LogP contribution in [0.4, 0.5) is 10.1 Å². The van der Waals surface area contributed by atoms with Gasteiger partial charge in [0.05, 0.1) is 5.69 Å². The quantitative estimate of drug-likeness (QED) is 0.895. The van der Waals surface area contributed by atoms with Crippen molar-refractivity contribution in [1.29, 1.82) is 0 Å². The van der Waals surface area contributed by atoms with Crippen LogP contribution in [-0.2, 0) is 10.0 Å². The number of nitrogens with one attached hydrogen (secondary N) is 1. The average molecular weight is 309 g/mol. The van der Waals surface area contributed by atoms with Crippen molar-refractivity contribution in [2.24, 2.45) is 5.14 Å². The van der Waals surface area contributed by atoms with Gasteiger partial charge in [0.25, 0.3) is 5.91 Å². The molecule has 0 aliphatic carbocycles. The number of carbonyl (C=O) groups is 1. The number of carbonyl (C=O) groups excluding carboxylic acids is 1. The highest BCUT2D eigenvalue weighted by atomic mass is 32.2. The molecule has 3 N–H and O–H groups in total. The third-order valence-corrected chi connectivity index (χ3v) is 3.62. The van der Waals surface area contributed by atoms with Crippen molar-refractivity contribution in [3.63, 3.8) is 0 Å². The second-order valence-corrected chi connectivity index (χ2v) is 5.86. The average Bonchev–Trinajstić information content (AvgIpc) is 2.37. The molecule has 0 unspecified atom stereocenters. The minimum Gasteiger partial charge on any atom is -0.321 e. The Balaban J connectivity index is 2.40. The molecular formula is C13H12FN3O3S. The number of pyridine rings is 1. The first kappa shape index (κ1) is 15.1. The zero-order valence-corrected chi connectivity index (χ0v) is 11.8. The van der Waals surface area contributed by atoms with Crippen molar-refractivity contribution in [3.05, 3.63) is 53.6 Å². The molecule has 1 aromatic carbocycles. The van der Waals surface area contributed by atoms with Crippen LogP contribution in [0.1, 0.15) is 16.1 Å². The molecule has 0 saturated carbocycles. The SMILES string of the molecule is Cc1cc(C(=O)Nc2cc(F)ccc2S(N)(=O)=O)ccn1. The number of primary sulfonamides is 1. The van der Waals surface area contributed by atoms with Gasteiger partial charge in [-0.25, -0.2) is 17.9 Å². The lowest BCUT2D eigenvalue weighted by Gasteiger charge is -2.10. The van der Waals surface area contributed by atoms with Gasteiger partial charge in [0.15, 0.2) is 0 Å². The topological polar surface area (TPSA) is 102 Å². The van der Waals surface area contributed by atoms with Crippen molar-refractivity contribution in [1.82, 2.24) is 4.98 Å². The van der Waals surface area contributed by atoms with Crippen LogP contribution in [0.25, 0.3) is 0 Å². The number of nitrogens with zero attached hydrogens (tertiary/aromatic N) is 1. The highest BCUT2D eigenvalue weighted by Crippen LogP contribution is 2.22. The van der Waals surface area contributed by atoms with Gasteiger partial charge >= 0.3 is 0 Å². The number of rotatable bonds is 3. The number of nitrogens with two attached hydrogens (primary N) is 1. The van der Waals surface area contributed by atoms with E-state index >= 15 is 0 Å². The standard InChI is InChI=1S/C13H12FN3O3S/c1-8-6-9(4-5-16-8)13(18)17-11-7-10(14)2-3-12(11)21(15,19)20/h2-7H,1H3,(H,17,18)(H2,15,19,20). The van der Waals surface area contributed by atoms with E-state index < -0.39 is 21.7 Å². The summed E-state index contributed by atoms with van der Waals surface area (Å²) < 4.78 is 36.1. The van der Waals surface area contributed by atoms with Crippen molar-refractivity contribution in [2.45, 2.75) is 11.8 Å². The van der Waals surface area contributed by atoms with E-state index in [1.54, 1.807) is 6.92 Å². The fraction of sp³-hybridized carbons (Fsp3) is 0.0769. The summed E-state index contributed by atoms with van der Waals surface area (Å²) in [5.74, 6) is -1.28. The van der Waals surface area contributed by atoms with E-state index in [0.717, 1.165) is 18.2 Å². The van der Waals surface area contributed by atoms with Gasteiger partial charge in [-0.15, -0.1) is 0 Å².